The number of amides is 1. The molecule has 1 aliphatic rings. The van der Waals surface area contributed by atoms with Gasteiger partial charge < -0.3 is 10.2 Å². The maximum atomic E-state index is 13.2. The number of nitrogens with one attached hydrogen (secondary N) is 1. The summed E-state index contributed by atoms with van der Waals surface area (Å²) in [7, 11) is 0. The Balaban J connectivity index is 1.53. The Labute approximate surface area is 184 Å². The number of rotatable bonds is 7. The Bertz CT molecular complexity index is 1090. The summed E-state index contributed by atoms with van der Waals surface area (Å²) in [5.74, 6) is 0.127. The maximum absolute atomic E-state index is 13.2. The van der Waals surface area contributed by atoms with Gasteiger partial charge in [-0.2, -0.15) is 0 Å². The monoisotopic (exact) mass is 442 g/mol. The number of hydrogen-bond donors (Lipinski definition) is 1. The zero-order valence-electron chi connectivity index (χ0n) is 16.5. The van der Waals surface area contributed by atoms with Crippen LogP contribution < -0.4 is 10.9 Å². The quantitative estimate of drug-likeness (QED) is 0.449. The SMILES string of the molecule is O=C(CSc1nc2ccccc2c(=O)n1-c1ccc(Cl)cc1)NCCN1CCCC1. The highest BCUT2D eigenvalue weighted by molar-refractivity contribution is 7.99. The standard InChI is InChI=1S/C22H23ClN4O2S/c23-16-7-9-17(10-8-16)27-21(29)18-5-1-2-6-19(18)25-22(27)30-15-20(28)24-11-14-26-12-3-4-13-26/h1-2,5-10H,3-4,11-15H2,(H,24,28). The molecule has 0 bridgehead atoms. The van der Waals surface area contributed by atoms with E-state index in [0.717, 1.165) is 19.6 Å². The number of hydrogen-bond acceptors (Lipinski definition) is 5. The lowest BCUT2D eigenvalue weighted by atomic mass is 10.2. The smallest absolute Gasteiger partial charge is 0.266 e. The highest BCUT2D eigenvalue weighted by atomic mass is 35.5. The molecule has 1 amide bonds. The molecule has 0 spiro atoms. The van der Waals surface area contributed by atoms with Crippen molar-refractivity contribution in [2.24, 2.45) is 0 Å². The number of benzene rings is 2. The molecule has 1 N–H and O–H groups in total. The fraction of sp³-hybridized carbons (Fsp3) is 0.318. The van der Waals surface area contributed by atoms with E-state index < -0.39 is 0 Å². The molecule has 0 unspecified atom stereocenters. The van der Waals surface area contributed by atoms with Crippen LogP contribution in [0.1, 0.15) is 12.8 Å². The van der Waals surface area contributed by atoms with Crippen molar-refractivity contribution in [1.29, 1.82) is 0 Å². The summed E-state index contributed by atoms with van der Waals surface area (Å²) in [4.78, 5) is 32.5. The van der Waals surface area contributed by atoms with E-state index in [1.807, 2.05) is 18.2 Å². The van der Waals surface area contributed by atoms with Gasteiger partial charge in [-0.25, -0.2) is 4.98 Å². The molecule has 3 aromatic rings. The number of thioether (sulfide) groups is 1. The van der Waals surface area contributed by atoms with Gasteiger partial charge in [0.15, 0.2) is 5.16 Å². The molecule has 0 atom stereocenters. The molecule has 1 aliphatic heterocycles. The van der Waals surface area contributed by atoms with Crippen molar-refractivity contribution in [3.63, 3.8) is 0 Å². The van der Waals surface area contributed by atoms with Crippen LogP contribution in [-0.2, 0) is 4.79 Å². The third kappa shape index (κ3) is 4.86. The minimum atomic E-state index is -0.167. The number of para-hydroxylation sites is 1. The third-order valence-electron chi connectivity index (χ3n) is 5.11. The Morgan fingerprint density at radius 2 is 1.83 bits per heavy atom. The van der Waals surface area contributed by atoms with Crippen LogP contribution >= 0.6 is 23.4 Å². The first-order valence-electron chi connectivity index (χ1n) is 10.0. The molecule has 0 radical (unpaired) electrons. The van der Waals surface area contributed by atoms with Crippen molar-refractivity contribution in [1.82, 2.24) is 19.8 Å². The molecular formula is C22H23ClN4O2S. The Hall–Kier alpha value is -2.35. The van der Waals surface area contributed by atoms with E-state index in [0.29, 0.717) is 33.3 Å². The number of likely N-dealkylation sites (tertiary alicyclic amines) is 1. The summed E-state index contributed by atoms with van der Waals surface area (Å²) in [6.45, 7) is 3.73. The summed E-state index contributed by atoms with van der Waals surface area (Å²) in [6, 6.07) is 14.3. The van der Waals surface area contributed by atoms with Crippen molar-refractivity contribution >= 4 is 40.2 Å². The molecule has 8 heteroatoms. The van der Waals surface area contributed by atoms with E-state index in [4.69, 9.17) is 11.6 Å². The minimum Gasteiger partial charge on any atom is -0.354 e. The first-order chi connectivity index (χ1) is 14.6. The Morgan fingerprint density at radius 1 is 1.10 bits per heavy atom. The lowest BCUT2D eigenvalue weighted by molar-refractivity contribution is -0.118. The number of halogens is 1. The number of aromatic nitrogens is 2. The van der Waals surface area contributed by atoms with Gasteiger partial charge in [0, 0.05) is 18.1 Å². The normalized spacial score (nSPS) is 14.3. The Morgan fingerprint density at radius 3 is 2.60 bits per heavy atom. The second-order valence-corrected chi connectivity index (χ2v) is 8.59. The van der Waals surface area contributed by atoms with Crippen molar-refractivity contribution in [2.75, 3.05) is 31.9 Å². The molecule has 1 aromatic heterocycles. The molecule has 1 fully saturated rings. The second kappa shape index (κ2) is 9.64. The van der Waals surface area contributed by atoms with E-state index >= 15 is 0 Å². The first-order valence-corrected chi connectivity index (χ1v) is 11.4. The van der Waals surface area contributed by atoms with Gasteiger partial charge >= 0.3 is 0 Å². The van der Waals surface area contributed by atoms with Gasteiger partial charge in [-0.3, -0.25) is 14.2 Å². The lowest BCUT2D eigenvalue weighted by Gasteiger charge is -2.15. The average Bonchev–Trinajstić information content (AvgIpc) is 3.27. The number of fused-ring (bicyclic) bond motifs is 1. The van der Waals surface area contributed by atoms with E-state index in [-0.39, 0.29) is 17.2 Å². The van der Waals surface area contributed by atoms with E-state index in [9.17, 15) is 9.59 Å². The number of carbonyl (C=O) groups is 1. The Kier molecular flexibility index (Phi) is 6.72. The summed E-state index contributed by atoms with van der Waals surface area (Å²) in [5.41, 5.74) is 1.11. The molecule has 2 heterocycles. The molecule has 156 valence electrons. The zero-order chi connectivity index (χ0) is 20.9. The van der Waals surface area contributed by atoms with Crippen LogP contribution in [0.25, 0.3) is 16.6 Å². The molecule has 2 aromatic carbocycles. The van der Waals surface area contributed by atoms with Crippen LogP contribution in [0.5, 0.6) is 0 Å². The van der Waals surface area contributed by atoms with E-state index in [1.54, 1.807) is 34.9 Å². The molecule has 0 aliphatic carbocycles. The van der Waals surface area contributed by atoms with Crippen LogP contribution in [-0.4, -0.2) is 52.3 Å². The number of nitrogens with zero attached hydrogens (tertiary/aromatic N) is 3. The highest BCUT2D eigenvalue weighted by Crippen LogP contribution is 2.22. The van der Waals surface area contributed by atoms with Gasteiger partial charge in [-0.15, -0.1) is 0 Å². The van der Waals surface area contributed by atoms with Crippen molar-refractivity contribution in [3.8, 4) is 5.69 Å². The topological polar surface area (TPSA) is 67.2 Å². The summed E-state index contributed by atoms with van der Waals surface area (Å²) in [6.07, 6.45) is 2.47. The van der Waals surface area contributed by atoms with Crippen molar-refractivity contribution < 1.29 is 4.79 Å². The molecule has 6 nitrogen and oxygen atoms in total. The molecule has 1 saturated heterocycles. The summed E-state index contributed by atoms with van der Waals surface area (Å²) in [5, 5.41) is 4.57. The lowest BCUT2D eigenvalue weighted by Crippen LogP contribution is -2.34. The van der Waals surface area contributed by atoms with Crippen molar-refractivity contribution in [3.05, 3.63) is 63.9 Å². The van der Waals surface area contributed by atoms with Crippen LogP contribution in [0.2, 0.25) is 5.02 Å². The minimum absolute atomic E-state index is 0.0655. The summed E-state index contributed by atoms with van der Waals surface area (Å²) < 4.78 is 1.54. The largest absolute Gasteiger partial charge is 0.354 e. The van der Waals surface area contributed by atoms with Crippen LogP contribution in [0.4, 0.5) is 0 Å². The second-order valence-electron chi connectivity index (χ2n) is 7.22. The predicted octanol–water partition coefficient (Wildman–Crippen LogP) is 3.34. The van der Waals surface area contributed by atoms with Crippen molar-refractivity contribution in [2.45, 2.75) is 18.0 Å². The van der Waals surface area contributed by atoms with E-state index in [1.165, 1.54) is 24.6 Å². The van der Waals surface area contributed by atoms with Gasteiger partial charge in [0.2, 0.25) is 5.91 Å². The van der Waals surface area contributed by atoms with Gasteiger partial charge in [0.05, 0.1) is 22.3 Å². The first kappa shape index (κ1) is 20.9. The average molecular weight is 443 g/mol. The zero-order valence-corrected chi connectivity index (χ0v) is 18.1. The summed E-state index contributed by atoms with van der Waals surface area (Å²) >= 11 is 7.27. The number of carbonyl (C=O) groups excluding carboxylic acids is 1. The van der Waals surface area contributed by atoms with Gasteiger partial charge in [0.25, 0.3) is 5.56 Å². The fourth-order valence-electron chi connectivity index (χ4n) is 3.57. The van der Waals surface area contributed by atoms with E-state index in [2.05, 4.69) is 15.2 Å². The van der Waals surface area contributed by atoms with Crippen LogP contribution in [0, 0.1) is 0 Å². The molecule has 30 heavy (non-hydrogen) atoms. The maximum Gasteiger partial charge on any atom is 0.266 e. The van der Waals surface area contributed by atoms with Gasteiger partial charge in [0.1, 0.15) is 0 Å². The van der Waals surface area contributed by atoms with Gasteiger partial charge in [-0.1, -0.05) is 35.5 Å². The molecule has 4 rings (SSSR count). The highest BCUT2D eigenvalue weighted by Gasteiger charge is 2.15. The van der Waals surface area contributed by atoms with Crippen LogP contribution in [0.15, 0.2) is 58.5 Å². The fourth-order valence-corrected chi connectivity index (χ4v) is 4.54. The van der Waals surface area contributed by atoms with Crippen LogP contribution in [0.3, 0.4) is 0 Å². The molecule has 0 saturated carbocycles. The van der Waals surface area contributed by atoms with Gasteiger partial charge in [-0.05, 0) is 62.3 Å². The molecular weight excluding hydrogens is 420 g/mol. The third-order valence-corrected chi connectivity index (χ3v) is 6.30. The predicted molar refractivity (Wildman–Crippen MR) is 122 cm³/mol.